The van der Waals surface area contributed by atoms with E-state index in [1.165, 1.54) is 6.42 Å². The molecule has 1 aliphatic carbocycles. The number of rotatable bonds is 9. The van der Waals surface area contributed by atoms with E-state index in [9.17, 15) is 4.79 Å². The lowest BCUT2D eigenvalue weighted by atomic mass is 9.97. The summed E-state index contributed by atoms with van der Waals surface area (Å²) < 4.78 is 12.5. The van der Waals surface area contributed by atoms with Gasteiger partial charge in [-0.05, 0) is 80.7 Å². The van der Waals surface area contributed by atoms with Gasteiger partial charge in [-0.25, -0.2) is 0 Å². The number of hydrogen-bond acceptors (Lipinski definition) is 5. The number of benzene rings is 3. The fraction of sp³-hybridized carbons (Fsp3) is 0.312. The number of aromatic nitrogens is 1. The second-order valence-electron chi connectivity index (χ2n) is 11.0. The molecule has 6 nitrogen and oxygen atoms in total. The minimum atomic E-state index is -0.442. The van der Waals surface area contributed by atoms with Crippen molar-refractivity contribution >= 4 is 27.1 Å². The van der Waals surface area contributed by atoms with E-state index in [0.717, 1.165) is 68.7 Å². The van der Waals surface area contributed by atoms with Crippen molar-refractivity contribution in [1.29, 1.82) is 0 Å². The summed E-state index contributed by atoms with van der Waals surface area (Å²) in [5, 5.41) is 4.43. The Bertz CT molecular complexity index is 1510. The molecule has 2 heterocycles. The zero-order valence-electron chi connectivity index (χ0n) is 22.8. The summed E-state index contributed by atoms with van der Waals surface area (Å²) in [7, 11) is 3.08. The molecule has 0 bridgehead atoms. The minimum Gasteiger partial charge on any atom is -0.494 e. The van der Waals surface area contributed by atoms with E-state index in [-0.39, 0.29) is 11.6 Å². The molecule has 6 rings (SSSR count). The molecule has 1 amide bonds. The lowest BCUT2D eigenvalue weighted by Crippen LogP contribution is -2.53. The summed E-state index contributed by atoms with van der Waals surface area (Å²) in [6.45, 7) is 3.58. The first-order valence-corrected chi connectivity index (χ1v) is 14.9. The van der Waals surface area contributed by atoms with Gasteiger partial charge in [-0.2, -0.15) is 0 Å². The molecule has 1 saturated carbocycles. The molecular weight excluding hydrogens is 502 g/mol. The number of fused-ring (bicyclic) bond motifs is 1. The van der Waals surface area contributed by atoms with Crippen LogP contribution in [0.2, 0.25) is 0 Å². The predicted molar refractivity (Wildman–Crippen MR) is 157 cm³/mol. The Morgan fingerprint density at radius 1 is 1.10 bits per heavy atom. The normalized spacial score (nSPS) is 18.8. The number of nitrogens with zero attached hydrogens (tertiary/aromatic N) is 2. The number of amides is 1. The molecule has 1 aliphatic heterocycles. The molecule has 2 atom stereocenters. The molecule has 1 unspecified atom stereocenters. The molecule has 7 heteroatoms. The van der Waals surface area contributed by atoms with E-state index in [1.807, 2.05) is 55.5 Å². The van der Waals surface area contributed by atoms with Gasteiger partial charge in [0.25, 0.3) is 5.91 Å². The van der Waals surface area contributed by atoms with Gasteiger partial charge in [0.1, 0.15) is 18.1 Å². The molecular formula is C32H35N3O3Si. The molecule has 4 aromatic rings. The number of likely N-dealkylation sites (tertiary alicyclic amines) is 1. The average molecular weight is 538 g/mol. The third-order valence-electron chi connectivity index (χ3n) is 8.22. The van der Waals surface area contributed by atoms with Crippen LogP contribution in [0.3, 0.4) is 0 Å². The molecule has 2 aliphatic rings. The zero-order chi connectivity index (χ0) is 27.0. The van der Waals surface area contributed by atoms with Crippen LogP contribution in [0, 0.1) is 6.92 Å². The number of aryl methyl sites for hydroxylation is 1. The molecule has 0 radical (unpaired) electrons. The largest absolute Gasteiger partial charge is 0.494 e. The number of pyridine rings is 1. The van der Waals surface area contributed by atoms with Gasteiger partial charge in [0.15, 0.2) is 0 Å². The predicted octanol–water partition coefficient (Wildman–Crippen LogP) is 4.32. The molecule has 39 heavy (non-hydrogen) atoms. The second-order valence-corrected chi connectivity index (χ2v) is 12.1. The maximum absolute atomic E-state index is 13.7. The van der Waals surface area contributed by atoms with Gasteiger partial charge >= 0.3 is 0 Å². The molecule has 1 saturated heterocycles. The maximum atomic E-state index is 13.7. The number of hydrogen-bond donors (Lipinski definition) is 1. The topological polar surface area (TPSA) is 63.7 Å². The summed E-state index contributed by atoms with van der Waals surface area (Å²) >= 11 is 0. The van der Waals surface area contributed by atoms with Crippen LogP contribution in [-0.4, -0.2) is 51.4 Å². The molecule has 0 spiro atoms. The SMILES string of the molecule is Cc1ccc(OC([SiH3])[C@@H]2CCN2C)cc1C(=O)NC1(c2cc(OCc3ccccc3)cc3ncccc23)CC1. The highest BCUT2D eigenvalue weighted by molar-refractivity contribution is 6.11. The lowest BCUT2D eigenvalue weighted by Gasteiger charge is -2.41. The Morgan fingerprint density at radius 3 is 2.64 bits per heavy atom. The van der Waals surface area contributed by atoms with E-state index < -0.39 is 5.54 Å². The Morgan fingerprint density at radius 2 is 1.92 bits per heavy atom. The monoisotopic (exact) mass is 537 g/mol. The lowest BCUT2D eigenvalue weighted by molar-refractivity contribution is 0.0562. The van der Waals surface area contributed by atoms with Gasteiger partial charge in [0.05, 0.1) is 27.0 Å². The third-order valence-corrected chi connectivity index (χ3v) is 9.23. The van der Waals surface area contributed by atoms with Crippen molar-refractivity contribution in [1.82, 2.24) is 15.2 Å². The van der Waals surface area contributed by atoms with Crippen LogP contribution in [0.1, 0.15) is 46.3 Å². The van der Waals surface area contributed by atoms with Crippen molar-refractivity contribution in [2.75, 3.05) is 13.6 Å². The minimum absolute atomic E-state index is 0.0752. The highest BCUT2D eigenvalue weighted by Gasteiger charge is 2.47. The molecule has 1 aromatic heterocycles. The van der Waals surface area contributed by atoms with Gasteiger partial charge in [-0.15, -0.1) is 0 Å². The van der Waals surface area contributed by atoms with E-state index in [1.54, 1.807) is 6.20 Å². The van der Waals surface area contributed by atoms with Gasteiger partial charge < -0.3 is 19.7 Å². The number of ether oxygens (including phenoxy) is 2. The van der Waals surface area contributed by atoms with Crippen LogP contribution < -0.4 is 14.8 Å². The number of likely N-dealkylation sites (N-methyl/N-ethyl adjacent to an activating group) is 1. The fourth-order valence-corrected chi connectivity index (χ4v) is 6.70. The van der Waals surface area contributed by atoms with E-state index >= 15 is 0 Å². The van der Waals surface area contributed by atoms with Crippen molar-refractivity contribution in [2.45, 2.75) is 50.1 Å². The highest BCUT2D eigenvalue weighted by atomic mass is 28.1. The van der Waals surface area contributed by atoms with Gasteiger partial charge in [-0.3, -0.25) is 9.78 Å². The van der Waals surface area contributed by atoms with Crippen LogP contribution in [0.4, 0.5) is 0 Å². The summed E-state index contributed by atoms with van der Waals surface area (Å²) in [6.07, 6.45) is 4.71. The second kappa shape index (κ2) is 10.5. The summed E-state index contributed by atoms with van der Waals surface area (Å²) in [6, 6.07) is 24.6. The van der Waals surface area contributed by atoms with Crippen molar-refractivity contribution in [3.63, 3.8) is 0 Å². The van der Waals surface area contributed by atoms with E-state index in [2.05, 4.69) is 46.5 Å². The Balaban J connectivity index is 1.25. The summed E-state index contributed by atoms with van der Waals surface area (Å²) in [5.74, 6) is 1.45. The van der Waals surface area contributed by atoms with Crippen LogP contribution in [0.25, 0.3) is 10.9 Å². The Labute approximate surface area is 232 Å². The average Bonchev–Trinajstić information content (AvgIpc) is 3.72. The van der Waals surface area contributed by atoms with Crippen LogP contribution >= 0.6 is 0 Å². The van der Waals surface area contributed by atoms with Crippen LogP contribution in [0.15, 0.2) is 79.0 Å². The molecule has 2 fully saturated rings. The molecule has 1 N–H and O–H groups in total. The van der Waals surface area contributed by atoms with Crippen LogP contribution in [0.5, 0.6) is 11.5 Å². The fourth-order valence-electron chi connectivity index (χ4n) is 5.59. The summed E-state index contributed by atoms with van der Waals surface area (Å²) in [5.41, 5.74) is 4.39. The Kier molecular flexibility index (Phi) is 6.87. The maximum Gasteiger partial charge on any atom is 0.252 e. The highest BCUT2D eigenvalue weighted by Crippen LogP contribution is 2.49. The first-order valence-electron chi connectivity index (χ1n) is 13.8. The van der Waals surface area contributed by atoms with E-state index in [4.69, 9.17) is 9.47 Å². The van der Waals surface area contributed by atoms with Crippen molar-refractivity contribution in [2.24, 2.45) is 0 Å². The van der Waals surface area contributed by atoms with Crippen LogP contribution in [-0.2, 0) is 12.1 Å². The quantitative estimate of drug-likeness (QED) is 0.322. The number of carbonyl (C=O) groups is 1. The first kappa shape index (κ1) is 25.6. The third kappa shape index (κ3) is 5.29. The van der Waals surface area contributed by atoms with E-state index in [0.29, 0.717) is 18.2 Å². The zero-order valence-corrected chi connectivity index (χ0v) is 24.8. The van der Waals surface area contributed by atoms with Gasteiger partial charge in [0.2, 0.25) is 0 Å². The standard InChI is InChI=1S/C32H35N3O3Si/c1-21-10-11-23(38-31(39)29-12-16-35(29)2)17-26(21)30(36)34-32(13-14-32)27-18-24(19-28-25(27)9-6-15-33-28)37-20-22-7-4-3-5-8-22/h3-11,15,17-19,29,31H,12-14,16,20H2,1-2,39H3,(H,34,36)/t29-,31?/m0/s1. The number of carbonyl (C=O) groups excluding carboxylic acids is 1. The van der Waals surface area contributed by atoms with Crippen molar-refractivity contribution < 1.29 is 14.3 Å². The molecule has 200 valence electrons. The van der Waals surface area contributed by atoms with Gasteiger partial charge in [-0.1, -0.05) is 42.5 Å². The Hall–Kier alpha value is -3.68. The van der Waals surface area contributed by atoms with Gasteiger partial charge in [0, 0.05) is 29.3 Å². The number of nitrogens with one attached hydrogen (secondary N) is 1. The first-order chi connectivity index (χ1) is 18.9. The smallest absolute Gasteiger partial charge is 0.252 e. The van der Waals surface area contributed by atoms with Crippen molar-refractivity contribution in [3.8, 4) is 11.5 Å². The van der Waals surface area contributed by atoms with Crippen molar-refractivity contribution in [3.05, 3.63) is 101 Å². The molecule has 3 aromatic carbocycles. The summed E-state index contributed by atoms with van der Waals surface area (Å²) in [4.78, 5) is 20.7.